The molecule has 1 aromatic rings. The minimum Gasteiger partial charge on any atom is -0.364 e. The minimum atomic E-state index is -0.119. The van der Waals surface area contributed by atoms with Gasteiger partial charge in [0.2, 0.25) is 0 Å². The summed E-state index contributed by atoms with van der Waals surface area (Å²) in [5.41, 5.74) is 1.84. The Morgan fingerprint density at radius 2 is 2.12 bits per heavy atom. The largest absolute Gasteiger partial charge is 0.364 e. The highest BCUT2D eigenvalue weighted by molar-refractivity contribution is 5.51. The van der Waals surface area contributed by atoms with Crippen LogP contribution in [0.3, 0.4) is 0 Å². The maximum Gasteiger partial charge on any atom is 0.146 e. The van der Waals surface area contributed by atoms with Crippen LogP contribution in [0.15, 0.2) is 18.2 Å². The molecule has 0 amide bonds. The highest BCUT2D eigenvalue weighted by atomic mass is 19.1. The molecule has 2 rings (SSSR count). The summed E-state index contributed by atoms with van der Waals surface area (Å²) in [4.78, 5) is 2.16. The monoisotopic (exact) mass is 222 g/mol. The molecular weight excluding hydrogens is 203 g/mol. The Hall–Kier alpha value is -1.09. The van der Waals surface area contributed by atoms with E-state index in [2.05, 4.69) is 24.1 Å². The van der Waals surface area contributed by atoms with Gasteiger partial charge >= 0.3 is 0 Å². The minimum absolute atomic E-state index is 0.119. The van der Waals surface area contributed by atoms with Crippen LogP contribution in [-0.4, -0.2) is 25.2 Å². The molecular formula is C13H19FN2. The van der Waals surface area contributed by atoms with Crippen LogP contribution in [0.25, 0.3) is 0 Å². The molecule has 0 aliphatic carbocycles. The van der Waals surface area contributed by atoms with Crippen molar-refractivity contribution in [1.29, 1.82) is 0 Å². The van der Waals surface area contributed by atoms with Crippen molar-refractivity contribution in [2.75, 3.05) is 18.0 Å². The third-order valence-corrected chi connectivity index (χ3v) is 3.18. The molecule has 2 nitrogen and oxygen atoms in total. The fourth-order valence-electron chi connectivity index (χ4n) is 2.20. The average molecular weight is 222 g/mol. The zero-order valence-corrected chi connectivity index (χ0v) is 10.1. The molecule has 0 radical (unpaired) electrons. The molecule has 88 valence electrons. The Balaban J connectivity index is 2.30. The maximum absolute atomic E-state index is 13.8. The van der Waals surface area contributed by atoms with Crippen LogP contribution in [0, 0.1) is 12.7 Å². The van der Waals surface area contributed by atoms with Gasteiger partial charge in [-0.1, -0.05) is 6.07 Å². The van der Waals surface area contributed by atoms with Gasteiger partial charge in [0, 0.05) is 25.2 Å². The molecule has 1 N–H and O–H groups in total. The summed E-state index contributed by atoms with van der Waals surface area (Å²) < 4.78 is 13.8. The summed E-state index contributed by atoms with van der Waals surface area (Å²) in [5.74, 6) is -0.119. The van der Waals surface area contributed by atoms with Crippen LogP contribution in [0.5, 0.6) is 0 Å². The number of piperazine rings is 1. The van der Waals surface area contributed by atoms with Crippen molar-refractivity contribution in [2.24, 2.45) is 0 Å². The summed E-state index contributed by atoms with van der Waals surface area (Å²) in [7, 11) is 0. The normalized spacial score (nSPS) is 25.9. The zero-order valence-electron chi connectivity index (χ0n) is 10.1. The third kappa shape index (κ3) is 2.19. The summed E-state index contributed by atoms with van der Waals surface area (Å²) in [6.45, 7) is 8.03. The van der Waals surface area contributed by atoms with Crippen molar-refractivity contribution in [3.63, 3.8) is 0 Å². The number of aryl methyl sites for hydroxylation is 1. The first-order chi connectivity index (χ1) is 7.58. The average Bonchev–Trinajstić information content (AvgIpc) is 2.25. The van der Waals surface area contributed by atoms with Crippen LogP contribution < -0.4 is 10.2 Å². The molecule has 1 saturated heterocycles. The number of rotatable bonds is 1. The SMILES string of the molecule is Cc1ccc(F)c(N2CC(C)NCC2C)c1. The maximum atomic E-state index is 13.8. The smallest absolute Gasteiger partial charge is 0.146 e. The molecule has 0 saturated carbocycles. The van der Waals surface area contributed by atoms with Gasteiger partial charge in [0.25, 0.3) is 0 Å². The van der Waals surface area contributed by atoms with E-state index in [4.69, 9.17) is 0 Å². The van der Waals surface area contributed by atoms with Crippen molar-refractivity contribution in [2.45, 2.75) is 32.9 Å². The van der Waals surface area contributed by atoms with E-state index in [1.165, 1.54) is 0 Å². The van der Waals surface area contributed by atoms with Gasteiger partial charge in [0.1, 0.15) is 5.82 Å². The highest BCUT2D eigenvalue weighted by Gasteiger charge is 2.24. The second kappa shape index (κ2) is 4.42. The van der Waals surface area contributed by atoms with E-state index in [0.717, 1.165) is 24.3 Å². The quantitative estimate of drug-likeness (QED) is 0.784. The number of hydrogen-bond acceptors (Lipinski definition) is 2. The van der Waals surface area contributed by atoms with Crippen molar-refractivity contribution in [3.05, 3.63) is 29.6 Å². The predicted octanol–water partition coefficient (Wildman–Crippen LogP) is 2.32. The molecule has 1 heterocycles. The van der Waals surface area contributed by atoms with E-state index in [1.54, 1.807) is 6.07 Å². The van der Waals surface area contributed by atoms with Gasteiger partial charge in [-0.3, -0.25) is 0 Å². The number of nitrogens with one attached hydrogen (secondary N) is 1. The number of halogens is 1. The Morgan fingerprint density at radius 1 is 1.38 bits per heavy atom. The van der Waals surface area contributed by atoms with E-state index in [-0.39, 0.29) is 5.82 Å². The van der Waals surface area contributed by atoms with Crippen LogP contribution in [0.2, 0.25) is 0 Å². The lowest BCUT2D eigenvalue weighted by molar-refractivity contribution is 0.420. The fourth-order valence-corrected chi connectivity index (χ4v) is 2.20. The topological polar surface area (TPSA) is 15.3 Å². The van der Waals surface area contributed by atoms with Gasteiger partial charge in [-0.25, -0.2) is 4.39 Å². The van der Waals surface area contributed by atoms with E-state index >= 15 is 0 Å². The zero-order chi connectivity index (χ0) is 11.7. The molecule has 1 fully saturated rings. The summed E-state index contributed by atoms with van der Waals surface area (Å²) in [5, 5.41) is 3.40. The molecule has 16 heavy (non-hydrogen) atoms. The lowest BCUT2D eigenvalue weighted by atomic mass is 10.1. The van der Waals surface area contributed by atoms with Crippen LogP contribution in [0.1, 0.15) is 19.4 Å². The lowest BCUT2D eigenvalue weighted by Gasteiger charge is -2.39. The number of benzene rings is 1. The lowest BCUT2D eigenvalue weighted by Crippen LogP contribution is -2.54. The Bertz CT molecular complexity index is 378. The van der Waals surface area contributed by atoms with E-state index in [9.17, 15) is 4.39 Å². The fraction of sp³-hybridized carbons (Fsp3) is 0.538. The molecule has 0 bridgehead atoms. The predicted molar refractivity (Wildman–Crippen MR) is 65.4 cm³/mol. The van der Waals surface area contributed by atoms with E-state index in [0.29, 0.717) is 12.1 Å². The molecule has 2 atom stereocenters. The van der Waals surface area contributed by atoms with Gasteiger partial charge in [-0.05, 0) is 38.5 Å². The van der Waals surface area contributed by atoms with Crippen LogP contribution in [-0.2, 0) is 0 Å². The van der Waals surface area contributed by atoms with E-state index < -0.39 is 0 Å². The first-order valence-electron chi connectivity index (χ1n) is 5.84. The Labute approximate surface area is 96.5 Å². The Kier molecular flexibility index (Phi) is 3.15. The number of anilines is 1. The third-order valence-electron chi connectivity index (χ3n) is 3.18. The summed E-state index contributed by atoms with van der Waals surface area (Å²) in [6.07, 6.45) is 0. The van der Waals surface area contributed by atoms with Crippen LogP contribution in [0.4, 0.5) is 10.1 Å². The summed E-state index contributed by atoms with van der Waals surface area (Å²) in [6, 6.07) is 6.06. The molecule has 0 aromatic heterocycles. The first kappa shape index (κ1) is 11.4. The van der Waals surface area contributed by atoms with Crippen molar-refractivity contribution < 1.29 is 4.39 Å². The van der Waals surface area contributed by atoms with Gasteiger partial charge in [0.05, 0.1) is 5.69 Å². The first-order valence-corrected chi connectivity index (χ1v) is 5.84. The Morgan fingerprint density at radius 3 is 2.88 bits per heavy atom. The molecule has 1 aromatic carbocycles. The van der Waals surface area contributed by atoms with Gasteiger partial charge < -0.3 is 10.2 Å². The second-order valence-electron chi connectivity index (χ2n) is 4.77. The summed E-state index contributed by atoms with van der Waals surface area (Å²) >= 11 is 0. The van der Waals surface area contributed by atoms with E-state index in [1.807, 2.05) is 19.1 Å². The van der Waals surface area contributed by atoms with Gasteiger partial charge in [-0.15, -0.1) is 0 Å². The highest BCUT2D eigenvalue weighted by Crippen LogP contribution is 2.24. The standard InChI is InChI=1S/C13H19FN2/c1-9-4-5-12(14)13(6-9)16-8-10(2)15-7-11(16)3/h4-6,10-11,15H,7-8H2,1-3H3. The number of nitrogens with zero attached hydrogens (tertiary/aromatic N) is 1. The van der Waals surface area contributed by atoms with Crippen molar-refractivity contribution in [1.82, 2.24) is 5.32 Å². The van der Waals surface area contributed by atoms with Crippen molar-refractivity contribution >= 4 is 5.69 Å². The molecule has 3 heteroatoms. The second-order valence-corrected chi connectivity index (χ2v) is 4.77. The molecule has 1 aliphatic rings. The molecule has 1 aliphatic heterocycles. The molecule has 2 unspecified atom stereocenters. The van der Waals surface area contributed by atoms with Gasteiger partial charge in [0.15, 0.2) is 0 Å². The van der Waals surface area contributed by atoms with Crippen LogP contribution >= 0.6 is 0 Å². The number of hydrogen-bond donors (Lipinski definition) is 1. The van der Waals surface area contributed by atoms with Crippen molar-refractivity contribution in [3.8, 4) is 0 Å². The van der Waals surface area contributed by atoms with Gasteiger partial charge in [-0.2, -0.15) is 0 Å². The molecule has 0 spiro atoms.